The number of rotatable bonds is 15. The molecule has 17 heteroatoms. The van der Waals surface area contributed by atoms with E-state index in [0.29, 0.717) is 11.3 Å². The Hall–Kier alpha value is -5.84. The van der Waals surface area contributed by atoms with Crippen LogP contribution < -0.4 is 25.3 Å². The zero-order valence-corrected chi connectivity index (χ0v) is 30.7. The number of aliphatic hydroxyl groups excluding tert-OH is 1. The minimum atomic E-state index is -1.14. The van der Waals surface area contributed by atoms with Gasteiger partial charge in [0.2, 0.25) is 6.79 Å². The Bertz CT molecular complexity index is 1890. The smallest absolute Gasteiger partial charge is 0.435 e. The van der Waals surface area contributed by atoms with Gasteiger partial charge in [0.05, 0.1) is 26.2 Å². The molecule has 1 atom stereocenters. The van der Waals surface area contributed by atoms with Crippen LogP contribution >= 0.6 is 0 Å². The molecule has 4 aromatic rings. The number of nitrogens with one attached hydrogen (secondary N) is 1. The van der Waals surface area contributed by atoms with E-state index in [9.17, 15) is 14.7 Å². The number of nitrogens with zero attached hydrogens (tertiary/aromatic N) is 6. The van der Waals surface area contributed by atoms with E-state index >= 15 is 4.39 Å². The first-order valence-corrected chi connectivity index (χ1v) is 17.5. The number of nitrogens with two attached hydrogens (primary N) is 1. The van der Waals surface area contributed by atoms with E-state index in [2.05, 4.69) is 30.4 Å². The summed E-state index contributed by atoms with van der Waals surface area (Å²) >= 11 is 0. The van der Waals surface area contributed by atoms with Crippen molar-refractivity contribution in [2.24, 2.45) is 22.1 Å². The minimum Gasteiger partial charge on any atom is -0.497 e. The number of methoxy groups -OCH3 is 1. The molecule has 1 amide bonds. The van der Waals surface area contributed by atoms with Crippen molar-refractivity contribution in [2.45, 2.75) is 58.9 Å². The number of hydrogen-bond donors (Lipinski definition) is 3. The lowest BCUT2D eigenvalue weighted by atomic mass is 9.89. The Labute approximate surface area is 311 Å². The van der Waals surface area contributed by atoms with Crippen molar-refractivity contribution in [1.29, 1.82) is 0 Å². The molecule has 0 spiro atoms. The van der Waals surface area contributed by atoms with Crippen LogP contribution in [-0.4, -0.2) is 81.5 Å². The van der Waals surface area contributed by atoms with E-state index in [1.165, 1.54) is 36.3 Å². The molecule has 2 heterocycles. The molecule has 0 unspecified atom stereocenters. The molecule has 2 aromatic carbocycles. The fourth-order valence-corrected chi connectivity index (χ4v) is 5.50. The molecular weight excluding hydrogens is 703 g/mol. The predicted octanol–water partition coefficient (Wildman–Crippen LogP) is 5.13. The van der Waals surface area contributed by atoms with Crippen LogP contribution in [0.2, 0.25) is 0 Å². The highest BCUT2D eigenvalue weighted by Gasteiger charge is 2.29. The van der Waals surface area contributed by atoms with Gasteiger partial charge >= 0.3 is 18.1 Å². The summed E-state index contributed by atoms with van der Waals surface area (Å²) in [6, 6.07) is 9.68. The molecule has 288 valence electrons. The number of ether oxygens (including phenoxy) is 5. The maximum atomic E-state index is 16.3. The number of carbonyl (C=O) groups is 2. The highest BCUT2D eigenvalue weighted by molar-refractivity contribution is 6.02. The summed E-state index contributed by atoms with van der Waals surface area (Å²) in [6.07, 6.45) is 6.70. The third-order valence-corrected chi connectivity index (χ3v) is 8.19. The second kappa shape index (κ2) is 18.3. The van der Waals surface area contributed by atoms with E-state index in [4.69, 9.17) is 29.4 Å². The summed E-state index contributed by atoms with van der Waals surface area (Å²) in [6.45, 7) is 4.95. The maximum absolute atomic E-state index is 16.3. The van der Waals surface area contributed by atoms with Crippen molar-refractivity contribution in [1.82, 2.24) is 24.7 Å². The largest absolute Gasteiger partial charge is 0.497 e. The van der Waals surface area contributed by atoms with Crippen LogP contribution in [-0.2, 0) is 14.3 Å². The van der Waals surface area contributed by atoms with E-state index in [0.717, 1.165) is 32.1 Å². The third kappa shape index (κ3) is 10.6. The fourth-order valence-electron chi connectivity index (χ4n) is 5.50. The number of aromatic nitrogens is 5. The number of anilines is 1. The maximum Gasteiger partial charge on any atom is 0.435 e. The van der Waals surface area contributed by atoms with Gasteiger partial charge in [-0.2, -0.15) is 9.98 Å². The number of hydrogen-bond acceptors (Lipinski definition) is 13. The molecular formula is C37H45FN8O8. The van der Waals surface area contributed by atoms with Crippen LogP contribution in [0.1, 0.15) is 75.9 Å². The number of aliphatic imine (C=N–C) groups is 1. The highest BCUT2D eigenvalue weighted by Crippen LogP contribution is 2.36. The number of halogens is 1. The van der Waals surface area contributed by atoms with Crippen LogP contribution in [0.25, 0.3) is 5.95 Å². The van der Waals surface area contributed by atoms with Crippen LogP contribution in [0.15, 0.2) is 59.9 Å². The first kappa shape index (κ1) is 39.4. The molecule has 16 nitrogen and oxygen atoms in total. The molecule has 1 saturated carbocycles. The number of carbonyl (C=O) groups excluding carboxylic acids is 2. The second-order valence-electron chi connectivity index (χ2n) is 13.6. The zero-order chi connectivity index (χ0) is 38.7. The quantitative estimate of drug-likeness (QED) is 0.0624. The average Bonchev–Trinajstić information content (AvgIpc) is 3.60. The lowest BCUT2D eigenvalue weighted by Crippen LogP contribution is -2.22. The summed E-state index contributed by atoms with van der Waals surface area (Å²) < 4.78 is 45.0. The van der Waals surface area contributed by atoms with Crippen molar-refractivity contribution in [3.63, 3.8) is 0 Å². The molecule has 1 aliphatic rings. The van der Waals surface area contributed by atoms with Crippen LogP contribution in [0, 0.1) is 17.2 Å². The molecule has 2 aromatic heterocycles. The van der Waals surface area contributed by atoms with Gasteiger partial charge in [0.1, 0.15) is 24.2 Å². The second-order valence-corrected chi connectivity index (χ2v) is 13.6. The number of benzene rings is 2. The number of amides is 1. The Morgan fingerprint density at radius 3 is 2.46 bits per heavy atom. The van der Waals surface area contributed by atoms with Gasteiger partial charge in [-0.25, -0.2) is 19.2 Å². The Balaban J connectivity index is 1.49. The van der Waals surface area contributed by atoms with Gasteiger partial charge in [-0.1, -0.05) is 40.0 Å². The SMILES string of the molecule is COc1cc(OCCO)c(F)c([C@@H](Nc2ccc(/C(N)=N/C(=O)OCC(C)(C)C)cc2)c2nc(OCOC(=O)C3CCCCC3)n(-c3ncccn3)n2)c1. The summed E-state index contributed by atoms with van der Waals surface area (Å²) in [5.74, 6) is -1.24. The van der Waals surface area contributed by atoms with E-state index in [1.54, 1.807) is 30.3 Å². The number of amidine groups is 1. The minimum absolute atomic E-state index is 0.00284. The third-order valence-electron chi connectivity index (χ3n) is 8.19. The van der Waals surface area contributed by atoms with Crippen LogP contribution in [0.4, 0.5) is 14.9 Å². The first-order valence-electron chi connectivity index (χ1n) is 17.5. The lowest BCUT2D eigenvalue weighted by Gasteiger charge is -2.21. The Morgan fingerprint density at radius 2 is 1.80 bits per heavy atom. The van der Waals surface area contributed by atoms with Gasteiger partial charge < -0.3 is 39.8 Å². The summed E-state index contributed by atoms with van der Waals surface area (Å²) in [4.78, 5) is 41.9. The molecule has 0 aliphatic heterocycles. The van der Waals surface area contributed by atoms with Crippen molar-refractivity contribution >= 4 is 23.6 Å². The standard InChI is InChI=1S/C37H45FN8O8/c1-37(2,3)21-52-36(49)43-31(39)23-11-13-25(14-12-23)42-30(27-19-26(50-4)20-28(29(27)38)51-18-17-47)32-44-35(46(45-32)34-40-15-8-16-41-34)54-22-53-33(48)24-9-6-5-7-10-24/h8,11-16,19-20,24,30,42,47H,5-7,9-10,17-18,21-22H2,1-4H3,(H2,39,43,49)/t30-/m1/s1. The molecule has 0 radical (unpaired) electrons. The molecule has 0 bridgehead atoms. The number of aliphatic hydroxyl groups is 1. The monoisotopic (exact) mass is 748 g/mol. The van der Waals surface area contributed by atoms with Gasteiger partial charge in [0, 0.05) is 35.3 Å². The van der Waals surface area contributed by atoms with Crippen molar-refractivity contribution in [2.75, 3.05) is 39.0 Å². The first-order chi connectivity index (χ1) is 26.0. The summed E-state index contributed by atoms with van der Waals surface area (Å²) in [7, 11) is 1.42. The van der Waals surface area contributed by atoms with Gasteiger partial charge in [0.15, 0.2) is 17.4 Å². The van der Waals surface area contributed by atoms with Gasteiger partial charge in [0.25, 0.3) is 5.95 Å². The normalized spacial score (nSPS) is 14.2. The van der Waals surface area contributed by atoms with Crippen LogP contribution in [0.5, 0.6) is 17.5 Å². The summed E-state index contributed by atoms with van der Waals surface area (Å²) in [5, 5.41) is 17.2. The molecule has 1 aliphatic carbocycles. The van der Waals surface area contributed by atoms with Crippen molar-refractivity contribution in [3.05, 3.63) is 77.6 Å². The summed E-state index contributed by atoms with van der Waals surface area (Å²) in [5.41, 5.74) is 6.76. The van der Waals surface area contributed by atoms with Crippen molar-refractivity contribution in [3.8, 4) is 23.5 Å². The molecule has 5 rings (SSSR count). The van der Waals surface area contributed by atoms with Gasteiger partial charge in [-0.05, 0) is 54.7 Å². The molecule has 54 heavy (non-hydrogen) atoms. The molecule has 4 N–H and O–H groups in total. The predicted molar refractivity (Wildman–Crippen MR) is 194 cm³/mol. The van der Waals surface area contributed by atoms with E-state index in [1.807, 2.05) is 20.8 Å². The van der Waals surface area contributed by atoms with Gasteiger partial charge in [-0.3, -0.25) is 4.79 Å². The molecule has 1 fully saturated rings. The fraction of sp³-hybridized carbons (Fsp3) is 0.432. The van der Waals surface area contributed by atoms with Crippen LogP contribution in [0.3, 0.4) is 0 Å². The van der Waals surface area contributed by atoms with Crippen molar-refractivity contribution < 1.29 is 42.8 Å². The van der Waals surface area contributed by atoms with Gasteiger partial charge in [-0.15, -0.1) is 9.78 Å². The topological polar surface area (TPSA) is 207 Å². The zero-order valence-electron chi connectivity index (χ0n) is 30.7. The number of esters is 1. The Morgan fingerprint density at radius 1 is 1.07 bits per heavy atom. The molecule has 0 saturated heterocycles. The Kier molecular flexibility index (Phi) is 13.3. The highest BCUT2D eigenvalue weighted by atomic mass is 19.1. The van der Waals surface area contributed by atoms with E-state index < -0.39 is 24.7 Å². The average molecular weight is 749 g/mol. The lowest BCUT2D eigenvalue weighted by molar-refractivity contribution is -0.156. The van der Waals surface area contributed by atoms with E-state index in [-0.39, 0.29) is 77.8 Å².